The summed E-state index contributed by atoms with van der Waals surface area (Å²) in [5.41, 5.74) is 1.17. The Hall–Kier alpha value is -1.59. The van der Waals surface area contributed by atoms with Gasteiger partial charge in [-0.25, -0.2) is 0 Å². The molecule has 0 heterocycles. The monoisotopic (exact) mass is 266 g/mol. The molecule has 0 saturated carbocycles. The Balaban J connectivity index is 2.03. The lowest BCUT2D eigenvalue weighted by atomic mass is 10.2. The number of carbonyl (C=O) groups is 1. The summed E-state index contributed by atoms with van der Waals surface area (Å²) in [6.07, 6.45) is 0. The quantitative estimate of drug-likeness (QED) is 0.647. The fourth-order valence-corrected chi connectivity index (χ4v) is 1.50. The zero-order valence-electron chi connectivity index (χ0n) is 11.6. The van der Waals surface area contributed by atoms with Crippen molar-refractivity contribution in [1.29, 1.82) is 0 Å². The highest BCUT2D eigenvalue weighted by Gasteiger charge is 1.99. The first-order valence-corrected chi connectivity index (χ1v) is 6.38. The highest BCUT2D eigenvalue weighted by molar-refractivity contribution is 5.77. The fourth-order valence-electron chi connectivity index (χ4n) is 1.50. The molecule has 106 valence electrons. The van der Waals surface area contributed by atoms with E-state index in [9.17, 15) is 4.79 Å². The molecule has 0 fully saturated rings. The van der Waals surface area contributed by atoms with E-state index in [1.54, 1.807) is 7.11 Å². The topological polar surface area (TPSA) is 59.6 Å². The summed E-state index contributed by atoms with van der Waals surface area (Å²) in [6.45, 7) is 4.55. The zero-order chi connectivity index (χ0) is 13.9. The minimum absolute atomic E-state index is 0.0346. The number of hydrogen-bond acceptors (Lipinski definition) is 4. The Morgan fingerprint density at radius 3 is 2.84 bits per heavy atom. The van der Waals surface area contributed by atoms with Gasteiger partial charge in [0, 0.05) is 20.2 Å². The third-order valence-electron chi connectivity index (χ3n) is 2.45. The number of ether oxygens (including phenoxy) is 2. The molecule has 0 atom stereocenters. The number of nitrogens with one attached hydrogen (secondary N) is 2. The highest BCUT2D eigenvalue weighted by Crippen LogP contribution is 2.11. The molecular formula is C14H22N2O3. The number of carbonyl (C=O) groups excluding carboxylic acids is 1. The van der Waals surface area contributed by atoms with Crippen LogP contribution in [-0.2, 0) is 9.53 Å². The van der Waals surface area contributed by atoms with E-state index in [2.05, 4.69) is 10.6 Å². The minimum Gasteiger partial charge on any atom is -0.492 e. The molecule has 0 radical (unpaired) electrons. The Bertz CT molecular complexity index is 383. The second-order valence-electron chi connectivity index (χ2n) is 4.18. The highest BCUT2D eigenvalue weighted by atomic mass is 16.5. The van der Waals surface area contributed by atoms with E-state index in [4.69, 9.17) is 9.47 Å². The van der Waals surface area contributed by atoms with Crippen LogP contribution in [0.2, 0.25) is 0 Å². The smallest absolute Gasteiger partial charge is 0.234 e. The zero-order valence-corrected chi connectivity index (χ0v) is 11.6. The second kappa shape index (κ2) is 9.35. The third kappa shape index (κ3) is 7.43. The molecule has 0 aliphatic rings. The number of amides is 1. The SMILES string of the molecule is COCCNC(=O)CNCCOc1cccc(C)c1. The van der Waals surface area contributed by atoms with Gasteiger partial charge in [-0.1, -0.05) is 12.1 Å². The number of benzene rings is 1. The molecule has 0 aliphatic carbocycles. The van der Waals surface area contributed by atoms with Crippen LogP contribution in [0.4, 0.5) is 0 Å². The predicted octanol–water partition coefficient (Wildman–Crippen LogP) is 0.726. The molecule has 1 amide bonds. The normalized spacial score (nSPS) is 10.2. The van der Waals surface area contributed by atoms with Crippen molar-refractivity contribution in [3.63, 3.8) is 0 Å². The van der Waals surface area contributed by atoms with Gasteiger partial charge in [0.2, 0.25) is 5.91 Å². The van der Waals surface area contributed by atoms with Crippen molar-refractivity contribution in [1.82, 2.24) is 10.6 Å². The molecule has 1 aromatic carbocycles. The van der Waals surface area contributed by atoms with E-state index < -0.39 is 0 Å². The van der Waals surface area contributed by atoms with Gasteiger partial charge in [0.25, 0.3) is 0 Å². The van der Waals surface area contributed by atoms with Crippen molar-refractivity contribution in [3.8, 4) is 5.75 Å². The summed E-state index contributed by atoms with van der Waals surface area (Å²) in [5, 5.41) is 5.75. The maximum atomic E-state index is 11.3. The van der Waals surface area contributed by atoms with Crippen LogP contribution >= 0.6 is 0 Å². The van der Waals surface area contributed by atoms with Crippen LogP contribution in [0.15, 0.2) is 24.3 Å². The van der Waals surface area contributed by atoms with Crippen LogP contribution < -0.4 is 15.4 Å². The lowest BCUT2D eigenvalue weighted by Gasteiger charge is -2.08. The summed E-state index contributed by atoms with van der Waals surface area (Å²) in [6, 6.07) is 7.89. The first kappa shape index (κ1) is 15.5. The third-order valence-corrected chi connectivity index (χ3v) is 2.45. The van der Waals surface area contributed by atoms with E-state index >= 15 is 0 Å². The molecule has 0 aliphatic heterocycles. The van der Waals surface area contributed by atoms with Gasteiger partial charge in [-0.05, 0) is 24.6 Å². The molecule has 0 saturated heterocycles. The Kier molecular flexibility index (Phi) is 7.62. The van der Waals surface area contributed by atoms with Gasteiger partial charge in [0.05, 0.1) is 13.2 Å². The van der Waals surface area contributed by atoms with Gasteiger partial charge in [0.15, 0.2) is 0 Å². The largest absolute Gasteiger partial charge is 0.492 e. The molecule has 0 unspecified atom stereocenters. The molecule has 1 aromatic rings. The van der Waals surface area contributed by atoms with Crippen molar-refractivity contribution >= 4 is 5.91 Å². The number of methoxy groups -OCH3 is 1. The second-order valence-corrected chi connectivity index (χ2v) is 4.18. The van der Waals surface area contributed by atoms with Crippen molar-refractivity contribution in [2.24, 2.45) is 0 Å². The molecule has 2 N–H and O–H groups in total. The van der Waals surface area contributed by atoms with Gasteiger partial charge >= 0.3 is 0 Å². The molecule has 0 bridgehead atoms. The van der Waals surface area contributed by atoms with Crippen molar-refractivity contribution in [3.05, 3.63) is 29.8 Å². The minimum atomic E-state index is -0.0346. The van der Waals surface area contributed by atoms with Crippen LogP contribution in [0.25, 0.3) is 0 Å². The molecule has 19 heavy (non-hydrogen) atoms. The lowest BCUT2D eigenvalue weighted by Crippen LogP contribution is -2.36. The van der Waals surface area contributed by atoms with Crippen molar-refractivity contribution in [2.45, 2.75) is 6.92 Å². The fraction of sp³-hybridized carbons (Fsp3) is 0.500. The average Bonchev–Trinajstić information content (AvgIpc) is 2.39. The summed E-state index contributed by atoms with van der Waals surface area (Å²) in [4.78, 5) is 11.3. The summed E-state index contributed by atoms with van der Waals surface area (Å²) < 4.78 is 10.4. The van der Waals surface area contributed by atoms with Gasteiger partial charge < -0.3 is 20.1 Å². The van der Waals surface area contributed by atoms with Crippen LogP contribution in [-0.4, -0.2) is 45.9 Å². The lowest BCUT2D eigenvalue weighted by molar-refractivity contribution is -0.120. The van der Waals surface area contributed by atoms with Gasteiger partial charge in [-0.15, -0.1) is 0 Å². The van der Waals surface area contributed by atoms with Crippen LogP contribution in [0.5, 0.6) is 5.75 Å². The predicted molar refractivity (Wildman–Crippen MR) is 74.4 cm³/mol. The summed E-state index contributed by atoms with van der Waals surface area (Å²) >= 11 is 0. The van der Waals surface area contributed by atoms with Crippen molar-refractivity contribution in [2.75, 3.05) is 40.0 Å². The first-order chi connectivity index (χ1) is 9.22. The molecule has 5 heteroatoms. The van der Waals surface area contributed by atoms with E-state index in [0.29, 0.717) is 32.8 Å². The summed E-state index contributed by atoms with van der Waals surface area (Å²) in [5.74, 6) is 0.818. The number of hydrogen-bond donors (Lipinski definition) is 2. The maximum Gasteiger partial charge on any atom is 0.234 e. The molecule has 0 aromatic heterocycles. The number of aryl methyl sites for hydroxylation is 1. The molecule has 1 rings (SSSR count). The van der Waals surface area contributed by atoms with Gasteiger partial charge in [-0.3, -0.25) is 4.79 Å². The van der Waals surface area contributed by atoms with Crippen LogP contribution in [0.1, 0.15) is 5.56 Å². The van der Waals surface area contributed by atoms with Gasteiger partial charge in [0.1, 0.15) is 12.4 Å². The Morgan fingerprint density at radius 1 is 1.26 bits per heavy atom. The standard InChI is InChI=1S/C14H22N2O3/c1-12-4-3-5-13(10-12)19-9-6-15-11-14(17)16-7-8-18-2/h3-5,10,15H,6-9,11H2,1-2H3,(H,16,17). The Morgan fingerprint density at radius 2 is 2.11 bits per heavy atom. The van der Waals surface area contributed by atoms with Crippen LogP contribution in [0.3, 0.4) is 0 Å². The van der Waals surface area contributed by atoms with Gasteiger partial charge in [-0.2, -0.15) is 0 Å². The number of rotatable bonds is 9. The molecular weight excluding hydrogens is 244 g/mol. The van der Waals surface area contributed by atoms with Crippen molar-refractivity contribution < 1.29 is 14.3 Å². The van der Waals surface area contributed by atoms with Crippen LogP contribution in [0, 0.1) is 6.92 Å². The summed E-state index contributed by atoms with van der Waals surface area (Å²) in [7, 11) is 1.60. The van der Waals surface area contributed by atoms with E-state index in [1.807, 2.05) is 31.2 Å². The molecule has 0 spiro atoms. The average molecular weight is 266 g/mol. The van der Waals surface area contributed by atoms with E-state index in [0.717, 1.165) is 5.75 Å². The van der Waals surface area contributed by atoms with E-state index in [-0.39, 0.29) is 5.91 Å². The Labute approximate surface area is 114 Å². The maximum absolute atomic E-state index is 11.3. The van der Waals surface area contributed by atoms with E-state index in [1.165, 1.54) is 5.56 Å². The molecule has 5 nitrogen and oxygen atoms in total. The first-order valence-electron chi connectivity index (χ1n) is 6.38.